The molecule has 4 rings (SSSR count). The van der Waals surface area contributed by atoms with Crippen LogP contribution in [0.2, 0.25) is 0 Å². The summed E-state index contributed by atoms with van der Waals surface area (Å²) >= 11 is 0. The van der Waals surface area contributed by atoms with E-state index in [1.165, 1.54) is 12.1 Å². The van der Waals surface area contributed by atoms with Crippen molar-refractivity contribution in [1.29, 1.82) is 0 Å². The van der Waals surface area contributed by atoms with E-state index in [1.54, 1.807) is 37.8 Å². The molecule has 34 heavy (non-hydrogen) atoms. The van der Waals surface area contributed by atoms with Gasteiger partial charge in [0.05, 0.1) is 25.0 Å². The highest BCUT2D eigenvalue weighted by atomic mass is 19.1. The molecule has 0 spiro atoms. The number of para-hydroxylation sites is 2. The number of nitrogens with zero attached hydrogens (tertiary/aromatic N) is 3. The van der Waals surface area contributed by atoms with Crippen LogP contribution < -0.4 is 14.8 Å². The number of carbonyl (C=O) groups is 1. The Morgan fingerprint density at radius 2 is 1.85 bits per heavy atom. The Morgan fingerprint density at radius 1 is 1.12 bits per heavy atom. The summed E-state index contributed by atoms with van der Waals surface area (Å²) in [6.45, 7) is 2.97. The molecule has 3 aromatic rings. The predicted molar refractivity (Wildman–Crippen MR) is 126 cm³/mol. The molecule has 7 nitrogen and oxygen atoms in total. The van der Waals surface area contributed by atoms with Crippen molar-refractivity contribution >= 4 is 5.91 Å². The number of hydrogen-bond acceptors (Lipinski definition) is 6. The van der Waals surface area contributed by atoms with Gasteiger partial charge in [0.2, 0.25) is 5.91 Å². The molecule has 0 bridgehead atoms. The SMILES string of the molecule is COc1ccccc1OCCN1CCC(C(=O)NC(c2ccc(F)cc2)c2cnccn2)CC1. The summed E-state index contributed by atoms with van der Waals surface area (Å²) in [7, 11) is 1.63. The molecule has 1 saturated heterocycles. The molecule has 1 aliphatic heterocycles. The molecule has 2 heterocycles. The second-order valence-corrected chi connectivity index (χ2v) is 8.24. The monoisotopic (exact) mass is 464 g/mol. The van der Waals surface area contributed by atoms with Crippen molar-refractivity contribution < 1.29 is 18.7 Å². The molecule has 8 heteroatoms. The smallest absolute Gasteiger partial charge is 0.224 e. The van der Waals surface area contributed by atoms with E-state index in [0.717, 1.165) is 49.5 Å². The minimum absolute atomic E-state index is 0.0232. The first-order chi connectivity index (χ1) is 16.6. The fourth-order valence-electron chi connectivity index (χ4n) is 4.14. The number of hydrogen-bond donors (Lipinski definition) is 1. The number of methoxy groups -OCH3 is 1. The number of likely N-dealkylation sites (tertiary alicyclic amines) is 1. The van der Waals surface area contributed by atoms with Crippen LogP contribution in [-0.4, -0.2) is 54.1 Å². The van der Waals surface area contributed by atoms with Crippen LogP contribution in [0.5, 0.6) is 11.5 Å². The number of carbonyl (C=O) groups excluding carboxylic acids is 1. The molecule has 1 aromatic heterocycles. The lowest BCUT2D eigenvalue weighted by molar-refractivity contribution is -0.127. The Labute approximate surface area is 198 Å². The fourth-order valence-corrected chi connectivity index (χ4v) is 4.14. The zero-order valence-electron chi connectivity index (χ0n) is 19.2. The first-order valence-electron chi connectivity index (χ1n) is 11.4. The molecular weight excluding hydrogens is 435 g/mol. The van der Waals surface area contributed by atoms with Crippen LogP contribution in [0.4, 0.5) is 4.39 Å². The highest BCUT2D eigenvalue weighted by Gasteiger charge is 2.28. The minimum Gasteiger partial charge on any atom is -0.493 e. The molecule has 1 N–H and O–H groups in total. The van der Waals surface area contributed by atoms with Gasteiger partial charge in [-0.3, -0.25) is 19.7 Å². The summed E-state index contributed by atoms with van der Waals surface area (Å²) in [5.74, 6) is 1.01. The Hall–Kier alpha value is -3.52. The van der Waals surface area contributed by atoms with E-state index in [0.29, 0.717) is 12.3 Å². The molecule has 1 aliphatic rings. The average molecular weight is 465 g/mol. The molecule has 1 amide bonds. The number of halogens is 1. The normalized spacial score (nSPS) is 15.5. The maximum Gasteiger partial charge on any atom is 0.224 e. The Morgan fingerprint density at radius 3 is 2.53 bits per heavy atom. The van der Waals surface area contributed by atoms with Gasteiger partial charge in [0, 0.05) is 24.9 Å². The van der Waals surface area contributed by atoms with Crippen molar-refractivity contribution in [1.82, 2.24) is 20.2 Å². The van der Waals surface area contributed by atoms with Crippen LogP contribution in [-0.2, 0) is 4.79 Å². The zero-order valence-corrected chi connectivity index (χ0v) is 19.2. The third-order valence-electron chi connectivity index (χ3n) is 6.06. The molecule has 2 aromatic carbocycles. The van der Waals surface area contributed by atoms with Crippen molar-refractivity contribution in [2.45, 2.75) is 18.9 Å². The molecule has 0 saturated carbocycles. The first-order valence-corrected chi connectivity index (χ1v) is 11.4. The van der Waals surface area contributed by atoms with Crippen molar-refractivity contribution in [3.8, 4) is 11.5 Å². The predicted octanol–water partition coefficient (Wildman–Crippen LogP) is 3.62. The second-order valence-electron chi connectivity index (χ2n) is 8.24. The zero-order chi connectivity index (χ0) is 23.8. The van der Waals surface area contributed by atoms with Crippen LogP contribution in [0, 0.1) is 11.7 Å². The quantitative estimate of drug-likeness (QED) is 0.521. The number of rotatable bonds is 9. The summed E-state index contributed by atoms with van der Waals surface area (Å²) in [4.78, 5) is 23.9. The molecular formula is C26H29FN4O3. The van der Waals surface area contributed by atoms with Gasteiger partial charge in [-0.2, -0.15) is 0 Å². The van der Waals surface area contributed by atoms with Gasteiger partial charge in [0.1, 0.15) is 12.4 Å². The van der Waals surface area contributed by atoms with Gasteiger partial charge in [-0.1, -0.05) is 24.3 Å². The lowest BCUT2D eigenvalue weighted by atomic mass is 9.94. The molecule has 0 aliphatic carbocycles. The van der Waals surface area contributed by atoms with Gasteiger partial charge in [0.15, 0.2) is 11.5 Å². The standard InChI is InChI=1S/C26H29FN4O3/c1-33-23-4-2-3-5-24(23)34-17-16-31-14-10-20(11-15-31)26(32)30-25(22-18-28-12-13-29-22)19-6-8-21(27)9-7-19/h2-9,12-13,18,20,25H,10-11,14-17H2,1H3,(H,30,32). The van der Waals surface area contributed by atoms with Crippen molar-refractivity contribution in [2.24, 2.45) is 5.92 Å². The van der Waals surface area contributed by atoms with E-state index in [9.17, 15) is 9.18 Å². The number of amides is 1. The van der Waals surface area contributed by atoms with E-state index in [1.807, 2.05) is 24.3 Å². The van der Waals surface area contributed by atoms with Crippen LogP contribution >= 0.6 is 0 Å². The first kappa shape index (κ1) is 23.6. The minimum atomic E-state index is -0.478. The van der Waals surface area contributed by atoms with E-state index in [2.05, 4.69) is 20.2 Å². The highest BCUT2D eigenvalue weighted by molar-refractivity contribution is 5.79. The number of ether oxygens (including phenoxy) is 2. The Balaban J connectivity index is 1.30. The van der Waals surface area contributed by atoms with Crippen LogP contribution in [0.1, 0.15) is 30.1 Å². The van der Waals surface area contributed by atoms with Gasteiger partial charge in [0.25, 0.3) is 0 Å². The largest absolute Gasteiger partial charge is 0.493 e. The van der Waals surface area contributed by atoms with E-state index in [-0.39, 0.29) is 17.6 Å². The van der Waals surface area contributed by atoms with E-state index in [4.69, 9.17) is 9.47 Å². The Kier molecular flexibility index (Phi) is 8.04. The van der Waals surface area contributed by atoms with Crippen LogP contribution in [0.3, 0.4) is 0 Å². The van der Waals surface area contributed by atoms with E-state index >= 15 is 0 Å². The Bertz CT molecular complexity index is 1060. The maximum atomic E-state index is 13.4. The number of piperidine rings is 1. The van der Waals surface area contributed by atoms with Gasteiger partial charge in [-0.15, -0.1) is 0 Å². The summed E-state index contributed by atoms with van der Waals surface area (Å²) in [6.07, 6.45) is 6.32. The van der Waals surface area contributed by atoms with Crippen LogP contribution in [0.15, 0.2) is 67.1 Å². The highest BCUT2D eigenvalue weighted by Crippen LogP contribution is 2.26. The van der Waals surface area contributed by atoms with Gasteiger partial charge in [-0.05, 0) is 55.8 Å². The van der Waals surface area contributed by atoms with Crippen molar-refractivity contribution in [2.75, 3.05) is 33.4 Å². The molecule has 1 atom stereocenters. The molecule has 1 fully saturated rings. The molecule has 178 valence electrons. The van der Waals surface area contributed by atoms with Gasteiger partial charge in [-0.25, -0.2) is 4.39 Å². The molecule has 1 unspecified atom stereocenters. The maximum absolute atomic E-state index is 13.4. The summed E-state index contributed by atoms with van der Waals surface area (Å²) in [5, 5.41) is 3.11. The van der Waals surface area contributed by atoms with Crippen LogP contribution in [0.25, 0.3) is 0 Å². The number of aromatic nitrogens is 2. The number of benzene rings is 2. The third-order valence-corrected chi connectivity index (χ3v) is 6.06. The third kappa shape index (κ3) is 6.08. The van der Waals surface area contributed by atoms with Crippen molar-refractivity contribution in [3.63, 3.8) is 0 Å². The summed E-state index contributed by atoms with van der Waals surface area (Å²) in [6, 6.07) is 13.2. The summed E-state index contributed by atoms with van der Waals surface area (Å²) < 4.78 is 24.6. The number of nitrogens with one attached hydrogen (secondary N) is 1. The van der Waals surface area contributed by atoms with E-state index < -0.39 is 6.04 Å². The lowest BCUT2D eigenvalue weighted by Gasteiger charge is -2.32. The van der Waals surface area contributed by atoms with Gasteiger partial charge < -0.3 is 14.8 Å². The fraction of sp³-hybridized carbons (Fsp3) is 0.346. The molecule has 0 radical (unpaired) electrons. The van der Waals surface area contributed by atoms with Gasteiger partial charge >= 0.3 is 0 Å². The summed E-state index contributed by atoms with van der Waals surface area (Å²) in [5.41, 5.74) is 1.38. The second kappa shape index (κ2) is 11.6. The average Bonchev–Trinajstić information content (AvgIpc) is 2.89. The van der Waals surface area contributed by atoms with Crippen molar-refractivity contribution in [3.05, 3.63) is 84.2 Å². The topological polar surface area (TPSA) is 76.6 Å². The lowest BCUT2D eigenvalue weighted by Crippen LogP contribution is -2.43.